The van der Waals surface area contributed by atoms with Crippen LogP contribution in [-0.2, 0) is 4.74 Å². The highest BCUT2D eigenvalue weighted by Gasteiger charge is 2.02. The van der Waals surface area contributed by atoms with E-state index >= 15 is 0 Å². The first-order chi connectivity index (χ1) is 4.85. The highest BCUT2D eigenvalue weighted by atomic mass is 16.5. The summed E-state index contributed by atoms with van der Waals surface area (Å²) in [7, 11) is 1.64. The minimum atomic E-state index is 0.157. The summed E-state index contributed by atoms with van der Waals surface area (Å²) in [4.78, 5) is 0. The van der Waals surface area contributed by atoms with E-state index in [1.807, 2.05) is 0 Å². The molecule has 2 N–H and O–H groups in total. The fourth-order valence-corrected chi connectivity index (χ4v) is 0.746. The molecule has 0 rings (SSSR count). The molecule has 0 fully saturated rings. The van der Waals surface area contributed by atoms with Gasteiger partial charge in [0.15, 0.2) is 0 Å². The molecule has 0 spiro atoms. The van der Waals surface area contributed by atoms with Crippen LogP contribution in [0, 0.1) is 11.3 Å². The zero-order valence-electron chi connectivity index (χ0n) is 6.34. The van der Waals surface area contributed by atoms with Crippen LogP contribution in [0.5, 0.6) is 0 Å². The summed E-state index contributed by atoms with van der Waals surface area (Å²) in [5, 5.41) is 15.5. The van der Waals surface area contributed by atoms with E-state index in [0.29, 0.717) is 13.0 Å². The van der Waals surface area contributed by atoms with Crippen LogP contribution in [-0.4, -0.2) is 31.6 Å². The van der Waals surface area contributed by atoms with Crippen molar-refractivity contribution in [1.29, 1.82) is 5.41 Å². The summed E-state index contributed by atoms with van der Waals surface area (Å²) in [5.41, 5.74) is 0. The number of rotatable bonds is 6. The molecule has 3 nitrogen and oxygen atoms in total. The number of hydrogen-bond donors (Lipinski definition) is 2. The first-order valence-corrected chi connectivity index (χ1v) is 3.45. The van der Waals surface area contributed by atoms with Crippen LogP contribution in [0.15, 0.2) is 0 Å². The Bertz CT molecular complexity index is 85.7. The number of aliphatic hydroxyl groups excluding tert-OH is 1. The molecule has 0 aromatic rings. The number of aliphatic hydroxyl groups is 1. The fraction of sp³-hybridized carbons (Fsp3) is 0.857. The van der Waals surface area contributed by atoms with E-state index in [-0.39, 0.29) is 12.5 Å². The number of hydrogen-bond acceptors (Lipinski definition) is 3. The van der Waals surface area contributed by atoms with E-state index in [9.17, 15) is 0 Å². The van der Waals surface area contributed by atoms with Crippen molar-refractivity contribution in [1.82, 2.24) is 0 Å². The van der Waals surface area contributed by atoms with Gasteiger partial charge in [0, 0.05) is 20.3 Å². The van der Waals surface area contributed by atoms with Crippen molar-refractivity contribution in [2.75, 3.05) is 20.3 Å². The predicted octanol–water partition coefficient (Wildman–Crippen LogP) is 0.671. The summed E-state index contributed by atoms with van der Waals surface area (Å²) in [6.07, 6.45) is 2.88. The largest absolute Gasteiger partial charge is 0.396 e. The van der Waals surface area contributed by atoms with E-state index < -0.39 is 0 Å². The van der Waals surface area contributed by atoms with Crippen LogP contribution >= 0.6 is 0 Å². The first kappa shape index (κ1) is 9.59. The van der Waals surface area contributed by atoms with Gasteiger partial charge < -0.3 is 15.3 Å². The Labute approximate surface area is 61.5 Å². The average Bonchev–Trinajstić information content (AvgIpc) is 1.98. The second kappa shape index (κ2) is 6.71. The van der Waals surface area contributed by atoms with E-state index in [2.05, 4.69) is 0 Å². The molecule has 0 bridgehead atoms. The quantitative estimate of drug-likeness (QED) is 0.540. The summed E-state index contributed by atoms with van der Waals surface area (Å²) in [6.45, 7) is 0.823. The van der Waals surface area contributed by atoms with E-state index in [1.54, 1.807) is 7.11 Å². The van der Waals surface area contributed by atoms with Crippen molar-refractivity contribution < 1.29 is 9.84 Å². The number of methoxy groups -OCH3 is 1. The van der Waals surface area contributed by atoms with Crippen molar-refractivity contribution in [3.8, 4) is 0 Å². The van der Waals surface area contributed by atoms with Crippen molar-refractivity contribution in [2.45, 2.75) is 12.8 Å². The zero-order chi connectivity index (χ0) is 7.82. The molecule has 3 heteroatoms. The van der Waals surface area contributed by atoms with Crippen LogP contribution in [0.1, 0.15) is 12.8 Å². The SMILES string of the molecule is COCC[C@H](C=N)CCO. The lowest BCUT2D eigenvalue weighted by atomic mass is 10.0. The minimum Gasteiger partial charge on any atom is -0.396 e. The Kier molecular flexibility index (Phi) is 6.43. The van der Waals surface area contributed by atoms with Gasteiger partial charge in [-0.05, 0) is 25.0 Å². The predicted molar refractivity (Wildman–Crippen MR) is 40.5 cm³/mol. The normalized spacial score (nSPS) is 13.0. The summed E-state index contributed by atoms with van der Waals surface area (Å²) < 4.78 is 4.84. The van der Waals surface area contributed by atoms with Crippen molar-refractivity contribution in [3.05, 3.63) is 0 Å². The second-order valence-electron chi connectivity index (χ2n) is 2.22. The fourth-order valence-electron chi connectivity index (χ4n) is 0.746. The molecule has 0 saturated heterocycles. The van der Waals surface area contributed by atoms with Gasteiger partial charge in [-0.3, -0.25) is 0 Å². The van der Waals surface area contributed by atoms with Crippen molar-refractivity contribution in [3.63, 3.8) is 0 Å². The highest BCUT2D eigenvalue weighted by molar-refractivity contribution is 5.56. The van der Waals surface area contributed by atoms with E-state index in [1.165, 1.54) is 6.21 Å². The first-order valence-electron chi connectivity index (χ1n) is 3.45. The number of nitrogens with one attached hydrogen (secondary N) is 1. The molecule has 0 aromatic heterocycles. The topological polar surface area (TPSA) is 53.3 Å². The number of ether oxygens (including phenoxy) is 1. The molecule has 0 unspecified atom stereocenters. The lowest BCUT2D eigenvalue weighted by Crippen LogP contribution is -2.07. The molecule has 0 aliphatic rings. The van der Waals surface area contributed by atoms with Crippen LogP contribution < -0.4 is 0 Å². The smallest absolute Gasteiger partial charge is 0.0468 e. The van der Waals surface area contributed by atoms with Gasteiger partial charge in [-0.25, -0.2) is 0 Å². The Morgan fingerprint density at radius 1 is 1.60 bits per heavy atom. The molecule has 0 heterocycles. The summed E-state index contributed by atoms with van der Waals surface area (Å²) >= 11 is 0. The molecule has 1 atom stereocenters. The molecule has 0 aromatic carbocycles. The monoisotopic (exact) mass is 145 g/mol. The van der Waals surface area contributed by atoms with Gasteiger partial charge in [-0.1, -0.05) is 0 Å². The van der Waals surface area contributed by atoms with Gasteiger partial charge in [-0.15, -0.1) is 0 Å². The average molecular weight is 145 g/mol. The minimum absolute atomic E-state index is 0.157. The van der Waals surface area contributed by atoms with Crippen molar-refractivity contribution in [2.24, 2.45) is 5.92 Å². The Morgan fingerprint density at radius 2 is 2.30 bits per heavy atom. The Balaban J connectivity index is 3.29. The van der Waals surface area contributed by atoms with Gasteiger partial charge >= 0.3 is 0 Å². The van der Waals surface area contributed by atoms with Gasteiger partial charge in [0.1, 0.15) is 0 Å². The lowest BCUT2D eigenvalue weighted by molar-refractivity contribution is 0.179. The molecule has 10 heavy (non-hydrogen) atoms. The maximum Gasteiger partial charge on any atom is 0.0468 e. The standard InChI is InChI=1S/C7H15NO2/c1-10-5-3-7(6-8)2-4-9/h6-9H,2-5H2,1H3/t7-/m1/s1. The molecule has 0 saturated carbocycles. The molecule has 0 aliphatic heterocycles. The second-order valence-corrected chi connectivity index (χ2v) is 2.22. The van der Waals surface area contributed by atoms with Crippen LogP contribution in [0.4, 0.5) is 0 Å². The van der Waals surface area contributed by atoms with Crippen molar-refractivity contribution >= 4 is 6.21 Å². The molecule has 0 aliphatic carbocycles. The third kappa shape index (κ3) is 4.47. The molecule has 0 amide bonds. The van der Waals surface area contributed by atoms with Crippen LogP contribution in [0.3, 0.4) is 0 Å². The molecular formula is C7H15NO2. The highest BCUT2D eigenvalue weighted by Crippen LogP contribution is 2.03. The Hall–Kier alpha value is -0.410. The molecule has 60 valence electrons. The zero-order valence-corrected chi connectivity index (χ0v) is 6.34. The van der Waals surface area contributed by atoms with Gasteiger partial charge in [0.05, 0.1) is 0 Å². The molecule has 0 radical (unpaired) electrons. The Morgan fingerprint density at radius 3 is 2.70 bits per heavy atom. The van der Waals surface area contributed by atoms with Gasteiger partial charge in [0.25, 0.3) is 0 Å². The molecular weight excluding hydrogens is 130 g/mol. The summed E-state index contributed by atoms with van der Waals surface area (Å²) in [5.74, 6) is 0.185. The van der Waals surface area contributed by atoms with E-state index in [4.69, 9.17) is 15.3 Å². The maximum atomic E-state index is 8.52. The van der Waals surface area contributed by atoms with Gasteiger partial charge in [0.2, 0.25) is 0 Å². The van der Waals surface area contributed by atoms with Crippen LogP contribution in [0.2, 0.25) is 0 Å². The summed E-state index contributed by atoms with van der Waals surface area (Å²) in [6, 6.07) is 0. The third-order valence-corrected chi connectivity index (χ3v) is 1.43. The van der Waals surface area contributed by atoms with Gasteiger partial charge in [-0.2, -0.15) is 0 Å². The lowest BCUT2D eigenvalue weighted by Gasteiger charge is -2.07. The third-order valence-electron chi connectivity index (χ3n) is 1.43. The van der Waals surface area contributed by atoms with Crippen LogP contribution in [0.25, 0.3) is 0 Å². The maximum absolute atomic E-state index is 8.52. The van der Waals surface area contributed by atoms with E-state index in [0.717, 1.165) is 6.42 Å².